The molecular formula is C13H14F2O2. The Morgan fingerprint density at radius 3 is 2.47 bits per heavy atom. The second kappa shape index (κ2) is 5.57. The maximum Gasteiger partial charge on any atom is 0.381 e. The maximum atomic E-state index is 13.2. The SMILES string of the molecule is CCOC(=O)C(F)(F)C=Cc1ccc(C)cc1. The number of hydrogen-bond donors (Lipinski definition) is 0. The zero-order valence-corrected chi connectivity index (χ0v) is 9.74. The van der Waals surface area contributed by atoms with Crippen LogP contribution in [0.4, 0.5) is 8.78 Å². The van der Waals surface area contributed by atoms with Crippen LogP contribution in [0.25, 0.3) is 6.08 Å². The lowest BCUT2D eigenvalue weighted by Crippen LogP contribution is -2.28. The fraction of sp³-hybridized carbons (Fsp3) is 0.308. The summed E-state index contributed by atoms with van der Waals surface area (Å²) < 4.78 is 30.7. The van der Waals surface area contributed by atoms with Crippen molar-refractivity contribution < 1.29 is 18.3 Å². The topological polar surface area (TPSA) is 26.3 Å². The molecule has 1 aromatic carbocycles. The summed E-state index contributed by atoms with van der Waals surface area (Å²) in [7, 11) is 0. The van der Waals surface area contributed by atoms with E-state index in [1.165, 1.54) is 13.0 Å². The highest BCUT2D eigenvalue weighted by atomic mass is 19.3. The number of carbonyl (C=O) groups is 1. The van der Waals surface area contributed by atoms with Gasteiger partial charge in [-0.2, -0.15) is 8.78 Å². The van der Waals surface area contributed by atoms with E-state index in [-0.39, 0.29) is 6.61 Å². The predicted molar refractivity (Wildman–Crippen MR) is 61.8 cm³/mol. The molecule has 17 heavy (non-hydrogen) atoms. The molecule has 92 valence electrons. The van der Waals surface area contributed by atoms with Crippen LogP contribution in [0.1, 0.15) is 18.1 Å². The summed E-state index contributed by atoms with van der Waals surface area (Å²) in [6, 6.07) is 7.02. The van der Waals surface area contributed by atoms with E-state index in [9.17, 15) is 13.6 Å². The molecule has 0 aromatic heterocycles. The van der Waals surface area contributed by atoms with Gasteiger partial charge in [0, 0.05) is 0 Å². The monoisotopic (exact) mass is 240 g/mol. The van der Waals surface area contributed by atoms with Crippen LogP contribution in [0.5, 0.6) is 0 Å². The quantitative estimate of drug-likeness (QED) is 0.755. The Bertz CT molecular complexity index is 408. The van der Waals surface area contributed by atoms with Gasteiger partial charge in [-0.25, -0.2) is 4.79 Å². The van der Waals surface area contributed by atoms with Crippen molar-refractivity contribution in [3.63, 3.8) is 0 Å². The summed E-state index contributed by atoms with van der Waals surface area (Å²) in [5, 5.41) is 0. The zero-order valence-electron chi connectivity index (χ0n) is 9.74. The molecule has 0 saturated carbocycles. The van der Waals surface area contributed by atoms with Crippen molar-refractivity contribution in [1.29, 1.82) is 0 Å². The molecule has 1 rings (SSSR count). The molecule has 0 bridgehead atoms. The summed E-state index contributed by atoms with van der Waals surface area (Å²) in [6.07, 6.45) is 1.76. The van der Waals surface area contributed by atoms with Gasteiger partial charge in [-0.05, 0) is 25.5 Å². The minimum atomic E-state index is -3.58. The van der Waals surface area contributed by atoms with E-state index >= 15 is 0 Å². The zero-order chi connectivity index (χ0) is 12.9. The van der Waals surface area contributed by atoms with Gasteiger partial charge in [0.15, 0.2) is 0 Å². The number of esters is 1. The van der Waals surface area contributed by atoms with Gasteiger partial charge in [-0.15, -0.1) is 0 Å². The van der Waals surface area contributed by atoms with Gasteiger partial charge in [0.05, 0.1) is 6.61 Å². The normalized spacial score (nSPS) is 11.8. The largest absolute Gasteiger partial charge is 0.461 e. The Hall–Kier alpha value is -1.71. The number of alkyl halides is 2. The van der Waals surface area contributed by atoms with Crippen molar-refractivity contribution in [3.8, 4) is 0 Å². The summed E-state index contributed by atoms with van der Waals surface area (Å²) in [6.45, 7) is 3.32. The molecule has 1 aromatic rings. The van der Waals surface area contributed by atoms with Gasteiger partial charge in [-0.3, -0.25) is 0 Å². The number of benzene rings is 1. The molecule has 0 atom stereocenters. The van der Waals surface area contributed by atoms with Crippen LogP contribution in [0, 0.1) is 6.92 Å². The summed E-state index contributed by atoms with van der Waals surface area (Å²) in [4.78, 5) is 10.9. The number of ether oxygens (including phenoxy) is 1. The smallest absolute Gasteiger partial charge is 0.381 e. The first kappa shape index (κ1) is 13.4. The number of rotatable bonds is 4. The van der Waals surface area contributed by atoms with Gasteiger partial charge in [0.2, 0.25) is 0 Å². The van der Waals surface area contributed by atoms with Crippen molar-refractivity contribution in [3.05, 3.63) is 41.5 Å². The molecule has 0 heterocycles. The van der Waals surface area contributed by atoms with Crippen LogP contribution in [0.15, 0.2) is 30.3 Å². The Labute approximate surface area is 98.9 Å². The van der Waals surface area contributed by atoms with Crippen molar-refractivity contribution in [2.75, 3.05) is 6.61 Å². The van der Waals surface area contributed by atoms with E-state index in [4.69, 9.17) is 0 Å². The molecule has 0 aliphatic carbocycles. The Balaban J connectivity index is 2.75. The van der Waals surface area contributed by atoms with Crippen molar-refractivity contribution in [2.45, 2.75) is 19.8 Å². The second-order valence-corrected chi connectivity index (χ2v) is 3.59. The molecule has 0 aliphatic rings. The molecule has 0 saturated heterocycles. The fourth-order valence-electron chi connectivity index (χ4n) is 1.17. The third kappa shape index (κ3) is 3.98. The molecule has 0 aliphatic heterocycles. The first-order chi connectivity index (χ1) is 7.95. The van der Waals surface area contributed by atoms with Crippen LogP contribution in [0.2, 0.25) is 0 Å². The van der Waals surface area contributed by atoms with Crippen LogP contribution < -0.4 is 0 Å². The van der Waals surface area contributed by atoms with Gasteiger partial charge in [0.1, 0.15) is 0 Å². The first-order valence-electron chi connectivity index (χ1n) is 5.26. The lowest BCUT2D eigenvalue weighted by atomic mass is 10.1. The summed E-state index contributed by atoms with van der Waals surface area (Å²) in [5.74, 6) is -5.11. The lowest BCUT2D eigenvalue weighted by molar-refractivity contribution is -0.164. The Morgan fingerprint density at radius 2 is 1.94 bits per heavy atom. The molecule has 0 N–H and O–H groups in total. The number of carbonyl (C=O) groups excluding carboxylic acids is 1. The third-order valence-corrected chi connectivity index (χ3v) is 2.11. The average molecular weight is 240 g/mol. The van der Waals surface area contributed by atoms with Crippen LogP contribution >= 0.6 is 0 Å². The van der Waals surface area contributed by atoms with E-state index in [0.717, 1.165) is 5.56 Å². The molecule has 0 spiro atoms. The molecule has 0 amide bonds. The first-order valence-corrected chi connectivity index (χ1v) is 5.26. The minimum Gasteiger partial charge on any atom is -0.461 e. The van der Waals surface area contributed by atoms with E-state index in [1.54, 1.807) is 12.1 Å². The van der Waals surface area contributed by atoms with Crippen molar-refractivity contribution >= 4 is 12.0 Å². The number of halogens is 2. The highest BCUT2D eigenvalue weighted by Crippen LogP contribution is 2.19. The summed E-state index contributed by atoms with van der Waals surface area (Å²) in [5.41, 5.74) is 1.65. The van der Waals surface area contributed by atoms with Crippen molar-refractivity contribution in [1.82, 2.24) is 0 Å². The highest BCUT2D eigenvalue weighted by Gasteiger charge is 2.37. The van der Waals surface area contributed by atoms with Gasteiger partial charge in [0.25, 0.3) is 0 Å². The summed E-state index contributed by atoms with van der Waals surface area (Å²) >= 11 is 0. The van der Waals surface area contributed by atoms with Crippen LogP contribution in [0.3, 0.4) is 0 Å². The van der Waals surface area contributed by atoms with Crippen LogP contribution in [-0.2, 0) is 9.53 Å². The molecule has 0 unspecified atom stereocenters. The minimum absolute atomic E-state index is 0.0627. The van der Waals surface area contributed by atoms with Gasteiger partial charge in [-0.1, -0.05) is 35.9 Å². The maximum absolute atomic E-state index is 13.2. The lowest BCUT2D eigenvalue weighted by Gasteiger charge is -2.09. The second-order valence-electron chi connectivity index (χ2n) is 3.59. The van der Waals surface area contributed by atoms with Crippen molar-refractivity contribution in [2.24, 2.45) is 0 Å². The molecule has 0 radical (unpaired) electrons. The molecule has 4 heteroatoms. The average Bonchev–Trinajstić information content (AvgIpc) is 2.29. The van der Waals surface area contributed by atoms with E-state index in [0.29, 0.717) is 11.6 Å². The van der Waals surface area contributed by atoms with E-state index in [1.807, 2.05) is 19.1 Å². The molecule has 2 nitrogen and oxygen atoms in total. The fourth-order valence-corrected chi connectivity index (χ4v) is 1.17. The highest BCUT2D eigenvalue weighted by molar-refractivity contribution is 5.81. The Morgan fingerprint density at radius 1 is 1.35 bits per heavy atom. The number of aryl methyl sites for hydroxylation is 1. The van der Waals surface area contributed by atoms with Crippen LogP contribution in [-0.4, -0.2) is 18.5 Å². The third-order valence-electron chi connectivity index (χ3n) is 2.11. The van der Waals surface area contributed by atoms with E-state index in [2.05, 4.69) is 4.74 Å². The standard InChI is InChI=1S/C13H14F2O2/c1-3-17-12(16)13(14,15)9-8-11-6-4-10(2)5-7-11/h4-9H,3H2,1-2H3. The molecular weight excluding hydrogens is 226 g/mol. The molecule has 0 fully saturated rings. The van der Waals surface area contributed by atoms with Gasteiger partial charge < -0.3 is 4.74 Å². The Kier molecular flexibility index (Phi) is 4.37. The van der Waals surface area contributed by atoms with Gasteiger partial charge >= 0.3 is 11.9 Å². The van der Waals surface area contributed by atoms with E-state index < -0.39 is 11.9 Å². The predicted octanol–water partition coefficient (Wildman–Crippen LogP) is 3.21. The number of hydrogen-bond acceptors (Lipinski definition) is 2.